The molecule has 118 valence electrons. The van der Waals surface area contributed by atoms with Gasteiger partial charge in [0.15, 0.2) is 0 Å². The average Bonchev–Trinajstić information content (AvgIpc) is 2.49. The van der Waals surface area contributed by atoms with Gasteiger partial charge in [-0.25, -0.2) is 0 Å². The van der Waals surface area contributed by atoms with Gasteiger partial charge in [-0.2, -0.15) is 0 Å². The predicted molar refractivity (Wildman–Crippen MR) is 86.8 cm³/mol. The van der Waals surface area contributed by atoms with Crippen molar-refractivity contribution < 1.29 is 14.5 Å². The zero-order valence-electron chi connectivity index (χ0n) is 12.0. The Labute approximate surface area is 136 Å². The Kier molecular flexibility index (Phi) is 4.92. The van der Waals surface area contributed by atoms with E-state index in [2.05, 4.69) is 10.6 Å². The number of carbonyl (C=O) groups excluding carboxylic acids is 2. The van der Waals surface area contributed by atoms with Crippen molar-refractivity contribution in [3.8, 4) is 0 Å². The van der Waals surface area contributed by atoms with E-state index >= 15 is 0 Å². The van der Waals surface area contributed by atoms with Crippen molar-refractivity contribution in [1.82, 2.24) is 0 Å². The van der Waals surface area contributed by atoms with Gasteiger partial charge in [0.1, 0.15) is 0 Å². The first-order valence-corrected chi connectivity index (χ1v) is 6.87. The molecule has 8 heteroatoms. The molecule has 0 spiro atoms. The third-order valence-electron chi connectivity index (χ3n) is 2.88. The minimum absolute atomic E-state index is 0.105. The number of carbonyl (C=O) groups is 2. The van der Waals surface area contributed by atoms with Crippen molar-refractivity contribution in [2.24, 2.45) is 0 Å². The summed E-state index contributed by atoms with van der Waals surface area (Å²) in [6, 6.07) is 9.81. The van der Waals surface area contributed by atoms with Crippen LogP contribution < -0.4 is 10.6 Å². The summed E-state index contributed by atoms with van der Waals surface area (Å²) in [6.45, 7) is 1.34. The Morgan fingerprint density at radius 1 is 1.04 bits per heavy atom. The molecule has 2 N–H and O–H groups in total. The van der Waals surface area contributed by atoms with Crippen LogP contribution in [0.4, 0.5) is 17.1 Å². The zero-order valence-corrected chi connectivity index (χ0v) is 12.8. The molecule has 23 heavy (non-hydrogen) atoms. The summed E-state index contributed by atoms with van der Waals surface area (Å²) >= 11 is 5.87. The van der Waals surface area contributed by atoms with Crippen LogP contribution in [0.2, 0.25) is 5.02 Å². The number of benzene rings is 2. The highest BCUT2D eigenvalue weighted by Crippen LogP contribution is 2.26. The Hall–Kier alpha value is -2.93. The maximum absolute atomic E-state index is 12.2. The lowest BCUT2D eigenvalue weighted by molar-refractivity contribution is -0.384. The molecule has 0 atom stereocenters. The lowest BCUT2D eigenvalue weighted by atomic mass is 10.2. The Morgan fingerprint density at radius 3 is 2.26 bits per heavy atom. The number of hydrogen-bond donors (Lipinski definition) is 2. The van der Waals surface area contributed by atoms with Crippen LogP contribution in [0.15, 0.2) is 42.5 Å². The molecule has 0 saturated heterocycles. The van der Waals surface area contributed by atoms with Gasteiger partial charge < -0.3 is 10.6 Å². The Bertz CT molecular complexity index is 775. The van der Waals surface area contributed by atoms with Crippen molar-refractivity contribution in [3.63, 3.8) is 0 Å². The molecule has 0 saturated carbocycles. The first kappa shape index (κ1) is 16.4. The van der Waals surface area contributed by atoms with Crippen molar-refractivity contribution in [2.45, 2.75) is 6.92 Å². The largest absolute Gasteiger partial charge is 0.324 e. The maximum atomic E-state index is 12.2. The van der Waals surface area contributed by atoms with E-state index in [1.165, 1.54) is 37.3 Å². The molecule has 0 aromatic heterocycles. The quantitative estimate of drug-likeness (QED) is 0.660. The number of nitro groups is 1. The number of non-ortho nitro benzene ring substituents is 1. The molecule has 0 fully saturated rings. The first-order valence-electron chi connectivity index (χ1n) is 6.50. The van der Waals surface area contributed by atoms with Crippen molar-refractivity contribution >= 4 is 40.5 Å². The number of hydrogen-bond acceptors (Lipinski definition) is 4. The van der Waals surface area contributed by atoms with Gasteiger partial charge in [0.2, 0.25) is 5.91 Å². The highest BCUT2D eigenvalue weighted by molar-refractivity contribution is 6.31. The van der Waals surface area contributed by atoms with E-state index in [1.54, 1.807) is 12.1 Å². The number of nitro benzene ring substituents is 1. The summed E-state index contributed by atoms with van der Waals surface area (Å²) in [5.74, 6) is -0.771. The van der Waals surface area contributed by atoms with Crippen LogP contribution in [-0.4, -0.2) is 16.7 Å². The van der Waals surface area contributed by atoms with Gasteiger partial charge in [-0.3, -0.25) is 19.7 Å². The third-order valence-corrected chi connectivity index (χ3v) is 3.12. The normalized spacial score (nSPS) is 10.0. The van der Waals surface area contributed by atoms with Crippen molar-refractivity contribution in [2.75, 3.05) is 10.6 Å². The molecule has 0 aliphatic rings. The van der Waals surface area contributed by atoms with E-state index in [9.17, 15) is 19.7 Å². The first-order chi connectivity index (χ1) is 10.9. The average molecular weight is 334 g/mol. The van der Waals surface area contributed by atoms with Gasteiger partial charge >= 0.3 is 0 Å². The minimum atomic E-state index is -0.546. The molecule has 2 aromatic rings. The van der Waals surface area contributed by atoms with Gasteiger partial charge in [0, 0.05) is 29.6 Å². The number of rotatable bonds is 4. The second-order valence-corrected chi connectivity index (χ2v) is 5.07. The number of amides is 2. The van der Waals surface area contributed by atoms with Gasteiger partial charge in [-0.1, -0.05) is 11.6 Å². The van der Waals surface area contributed by atoms with E-state index < -0.39 is 10.8 Å². The van der Waals surface area contributed by atoms with Gasteiger partial charge in [-0.15, -0.1) is 0 Å². The van der Waals surface area contributed by atoms with E-state index in [1.807, 2.05) is 0 Å². The summed E-state index contributed by atoms with van der Waals surface area (Å²) in [6.07, 6.45) is 0. The third kappa shape index (κ3) is 4.27. The van der Waals surface area contributed by atoms with E-state index in [0.29, 0.717) is 16.4 Å². The Balaban J connectivity index is 2.22. The van der Waals surface area contributed by atoms with Gasteiger partial charge in [0.25, 0.3) is 11.6 Å². The van der Waals surface area contributed by atoms with Crippen molar-refractivity contribution in [3.05, 3.63) is 63.2 Å². The number of anilines is 2. The van der Waals surface area contributed by atoms with E-state index in [-0.39, 0.29) is 17.2 Å². The molecule has 2 aromatic carbocycles. The zero-order chi connectivity index (χ0) is 17.0. The summed E-state index contributed by atoms with van der Waals surface area (Å²) in [7, 11) is 0. The summed E-state index contributed by atoms with van der Waals surface area (Å²) in [5.41, 5.74) is 0.875. The number of nitrogens with zero attached hydrogens (tertiary/aromatic N) is 1. The molecule has 0 aliphatic heterocycles. The minimum Gasteiger partial charge on any atom is -0.324 e. The smallest absolute Gasteiger partial charge is 0.269 e. The fraction of sp³-hybridized carbons (Fsp3) is 0.0667. The molecular weight excluding hydrogens is 322 g/mol. The molecular formula is C15H12ClN3O4. The van der Waals surface area contributed by atoms with Crippen LogP contribution in [0.5, 0.6) is 0 Å². The number of nitrogens with one attached hydrogen (secondary N) is 2. The van der Waals surface area contributed by atoms with E-state index in [0.717, 1.165) is 0 Å². The molecule has 0 heterocycles. The van der Waals surface area contributed by atoms with Crippen LogP contribution in [0, 0.1) is 10.1 Å². The second kappa shape index (κ2) is 6.89. The number of halogens is 1. The maximum Gasteiger partial charge on any atom is 0.269 e. The molecule has 0 radical (unpaired) electrons. The van der Waals surface area contributed by atoms with Crippen LogP contribution in [0.25, 0.3) is 0 Å². The SMILES string of the molecule is CC(=O)Nc1cc(Cl)ccc1NC(=O)c1ccc([N+](=O)[O-])cc1. The predicted octanol–water partition coefficient (Wildman–Crippen LogP) is 3.46. The lowest BCUT2D eigenvalue weighted by Gasteiger charge is -2.12. The molecule has 7 nitrogen and oxygen atoms in total. The van der Waals surface area contributed by atoms with Crippen LogP contribution in [-0.2, 0) is 4.79 Å². The fourth-order valence-corrected chi connectivity index (χ4v) is 2.02. The van der Waals surface area contributed by atoms with Gasteiger partial charge in [0.05, 0.1) is 16.3 Å². The lowest BCUT2D eigenvalue weighted by Crippen LogP contribution is -2.15. The summed E-state index contributed by atoms with van der Waals surface area (Å²) in [5, 5.41) is 16.2. The van der Waals surface area contributed by atoms with Gasteiger partial charge in [-0.05, 0) is 30.3 Å². The summed E-state index contributed by atoms with van der Waals surface area (Å²) in [4.78, 5) is 33.5. The van der Waals surface area contributed by atoms with E-state index in [4.69, 9.17) is 11.6 Å². The molecule has 2 amide bonds. The van der Waals surface area contributed by atoms with Crippen molar-refractivity contribution in [1.29, 1.82) is 0 Å². The standard InChI is InChI=1S/C15H12ClN3O4/c1-9(20)17-14-8-11(16)4-7-13(14)18-15(21)10-2-5-12(6-3-10)19(22)23/h2-8H,1H3,(H,17,20)(H,18,21). The van der Waals surface area contributed by atoms with Crippen LogP contribution in [0.3, 0.4) is 0 Å². The summed E-state index contributed by atoms with van der Waals surface area (Å²) < 4.78 is 0. The Morgan fingerprint density at radius 2 is 1.70 bits per heavy atom. The topological polar surface area (TPSA) is 101 Å². The highest BCUT2D eigenvalue weighted by atomic mass is 35.5. The second-order valence-electron chi connectivity index (χ2n) is 4.63. The van der Waals surface area contributed by atoms with Crippen LogP contribution in [0.1, 0.15) is 17.3 Å². The van der Waals surface area contributed by atoms with Crippen LogP contribution >= 0.6 is 11.6 Å². The molecule has 0 unspecified atom stereocenters. The monoisotopic (exact) mass is 333 g/mol. The molecule has 2 rings (SSSR count). The highest BCUT2D eigenvalue weighted by Gasteiger charge is 2.12. The molecule has 0 bridgehead atoms. The molecule has 0 aliphatic carbocycles. The fourth-order valence-electron chi connectivity index (χ4n) is 1.85.